The number of anilines is 2. The number of thiazole rings is 1. The molecule has 6 heteroatoms. The summed E-state index contributed by atoms with van der Waals surface area (Å²) in [5.41, 5.74) is 8.32. The molecule has 4 aromatic carbocycles. The Balaban J connectivity index is 0.00000151. The predicted octanol–water partition coefficient (Wildman–Crippen LogP) is 7.96. The van der Waals surface area contributed by atoms with Crippen molar-refractivity contribution in [1.82, 2.24) is 4.98 Å². The zero-order chi connectivity index (χ0) is 27.2. The molecule has 0 atom stereocenters. The van der Waals surface area contributed by atoms with Crippen LogP contribution in [0.15, 0.2) is 109 Å². The van der Waals surface area contributed by atoms with Gasteiger partial charge in [-0.2, -0.15) is 0 Å². The summed E-state index contributed by atoms with van der Waals surface area (Å²) in [6, 6.07) is 32.4. The van der Waals surface area contributed by atoms with Crippen molar-refractivity contribution in [3.8, 4) is 22.4 Å². The number of fused-ring (bicyclic) bond motifs is 3. The third-order valence-electron chi connectivity index (χ3n) is 6.54. The lowest BCUT2D eigenvalue weighted by molar-refractivity contribution is 0.0986. The van der Waals surface area contributed by atoms with Crippen molar-refractivity contribution in [2.75, 3.05) is 16.8 Å². The van der Waals surface area contributed by atoms with Crippen molar-refractivity contribution >= 4 is 34.5 Å². The third-order valence-corrected chi connectivity index (χ3v) is 7.44. The SMILES string of the molecule is CC.O=C(Nc1ccc(C(=O)N2CCc3scnc3-c3ccccc32)cc1)c1ccccc1-c1ccccc1. The van der Waals surface area contributed by atoms with Gasteiger partial charge in [0.2, 0.25) is 0 Å². The van der Waals surface area contributed by atoms with E-state index in [-0.39, 0.29) is 11.8 Å². The van der Waals surface area contributed by atoms with Crippen LogP contribution in [0.1, 0.15) is 39.4 Å². The predicted molar refractivity (Wildman–Crippen MR) is 161 cm³/mol. The minimum atomic E-state index is -0.196. The molecule has 5 nitrogen and oxygen atoms in total. The van der Waals surface area contributed by atoms with Crippen molar-refractivity contribution in [3.05, 3.63) is 125 Å². The van der Waals surface area contributed by atoms with Crippen LogP contribution in [-0.2, 0) is 6.42 Å². The van der Waals surface area contributed by atoms with Crippen LogP contribution >= 0.6 is 11.3 Å². The highest BCUT2D eigenvalue weighted by atomic mass is 32.1. The first-order valence-corrected chi connectivity index (χ1v) is 14.0. The number of carbonyl (C=O) groups is 2. The maximum Gasteiger partial charge on any atom is 0.258 e. The molecule has 1 aliphatic rings. The fraction of sp³-hybridized carbons (Fsp3) is 0.121. The van der Waals surface area contributed by atoms with Gasteiger partial charge in [-0.3, -0.25) is 9.59 Å². The maximum atomic E-state index is 13.6. The van der Waals surface area contributed by atoms with Crippen molar-refractivity contribution < 1.29 is 9.59 Å². The number of carbonyl (C=O) groups excluding carboxylic acids is 2. The summed E-state index contributed by atoms with van der Waals surface area (Å²) in [7, 11) is 0. The van der Waals surface area contributed by atoms with E-state index in [1.807, 2.05) is 103 Å². The number of amides is 2. The summed E-state index contributed by atoms with van der Waals surface area (Å²) >= 11 is 1.63. The third kappa shape index (κ3) is 5.38. The van der Waals surface area contributed by atoms with Gasteiger partial charge in [0.25, 0.3) is 11.8 Å². The summed E-state index contributed by atoms with van der Waals surface area (Å²) in [6.45, 7) is 4.58. The lowest BCUT2D eigenvalue weighted by Crippen LogP contribution is -2.32. The summed E-state index contributed by atoms with van der Waals surface area (Å²) in [5, 5.41) is 2.98. The number of para-hydroxylation sites is 1. The van der Waals surface area contributed by atoms with Crippen LogP contribution in [0.5, 0.6) is 0 Å². The van der Waals surface area contributed by atoms with Gasteiger partial charge < -0.3 is 10.2 Å². The molecule has 0 saturated carbocycles. The van der Waals surface area contributed by atoms with Gasteiger partial charge in [-0.15, -0.1) is 11.3 Å². The van der Waals surface area contributed by atoms with Crippen molar-refractivity contribution in [2.24, 2.45) is 0 Å². The number of nitrogens with zero attached hydrogens (tertiary/aromatic N) is 2. The molecule has 5 aromatic rings. The lowest BCUT2D eigenvalue weighted by atomic mass is 9.99. The highest BCUT2D eigenvalue weighted by molar-refractivity contribution is 7.10. The van der Waals surface area contributed by atoms with E-state index in [4.69, 9.17) is 0 Å². The molecule has 0 spiro atoms. The smallest absolute Gasteiger partial charge is 0.258 e. The van der Waals surface area contributed by atoms with Gasteiger partial charge in [-0.05, 0) is 47.5 Å². The van der Waals surface area contributed by atoms with Gasteiger partial charge >= 0.3 is 0 Å². The monoisotopic (exact) mass is 531 g/mol. The van der Waals surface area contributed by atoms with Gasteiger partial charge in [0.15, 0.2) is 0 Å². The maximum absolute atomic E-state index is 13.6. The van der Waals surface area contributed by atoms with Gasteiger partial charge in [0, 0.05) is 40.2 Å². The van der Waals surface area contributed by atoms with E-state index < -0.39 is 0 Å². The van der Waals surface area contributed by atoms with Crippen LogP contribution in [0.3, 0.4) is 0 Å². The number of nitrogens with one attached hydrogen (secondary N) is 1. The molecule has 1 aromatic heterocycles. The molecule has 1 N–H and O–H groups in total. The molecule has 194 valence electrons. The molecule has 2 amide bonds. The van der Waals surface area contributed by atoms with Crippen LogP contribution in [0.2, 0.25) is 0 Å². The Morgan fingerprint density at radius 2 is 1.46 bits per heavy atom. The van der Waals surface area contributed by atoms with Gasteiger partial charge in [-0.1, -0.05) is 80.6 Å². The van der Waals surface area contributed by atoms with Gasteiger partial charge in [-0.25, -0.2) is 4.98 Å². The van der Waals surface area contributed by atoms with E-state index in [9.17, 15) is 9.59 Å². The fourth-order valence-electron chi connectivity index (χ4n) is 4.72. The number of aromatic nitrogens is 1. The van der Waals surface area contributed by atoms with E-state index in [0.29, 0.717) is 23.4 Å². The molecule has 1 aliphatic heterocycles. The molecule has 0 saturated heterocycles. The molecule has 0 aliphatic carbocycles. The van der Waals surface area contributed by atoms with E-state index in [1.54, 1.807) is 35.6 Å². The number of rotatable bonds is 4. The number of hydrogen-bond acceptors (Lipinski definition) is 4. The van der Waals surface area contributed by atoms with Crippen molar-refractivity contribution in [2.45, 2.75) is 20.3 Å². The van der Waals surface area contributed by atoms with Gasteiger partial charge in [0.1, 0.15) is 0 Å². The Morgan fingerprint density at radius 3 is 2.23 bits per heavy atom. The van der Waals surface area contributed by atoms with Crippen molar-refractivity contribution in [3.63, 3.8) is 0 Å². The largest absolute Gasteiger partial charge is 0.322 e. The second-order valence-corrected chi connectivity index (χ2v) is 9.73. The molecule has 0 radical (unpaired) electrons. The average Bonchev–Trinajstić information content (AvgIpc) is 3.42. The Bertz CT molecular complexity index is 1590. The molecule has 39 heavy (non-hydrogen) atoms. The van der Waals surface area contributed by atoms with E-state index in [2.05, 4.69) is 10.3 Å². The van der Waals surface area contributed by atoms with Crippen LogP contribution in [0.4, 0.5) is 11.4 Å². The average molecular weight is 532 g/mol. The molecular formula is C33H29N3O2S. The van der Waals surface area contributed by atoms with Crippen LogP contribution in [-0.4, -0.2) is 23.3 Å². The normalized spacial score (nSPS) is 11.8. The molecular weight excluding hydrogens is 502 g/mol. The van der Waals surface area contributed by atoms with Crippen LogP contribution in [0.25, 0.3) is 22.4 Å². The standard InChI is InChI=1S/C31H23N3O2S.C2H6/c35-30(25-11-5-4-10-24(25)21-8-2-1-3-9-21)33-23-16-14-22(15-17-23)31(36)34-19-18-28-29(32-20-37-28)26-12-6-7-13-27(26)34;1-2/h1-17,20H,18-19H2,(H,33,35);1-2H3. The lowest BCUT2D eigenvalue weighted by Gasteiger charge is -2.23. The van der Waals surface area contributed by atoms with Crippen LogP contribution < -0.4 is 10.2 Å². The minimum absolute atomic E-state index is 0.0742. The Morgan fingerprint density at radius 1 is 0.795 bits per heavy atom. The van der Waals surface area contributed by atoms with Crippen LogP contribution in [0, 0.1) is 0 Å². The highest BCUT2D eigenvalue weighted by Gasteiger charge is 2.26. The summed E-state index contributed by atoms with van der Waals surface area (Å²) in [4.78, 5) is 34.3. The Labute approximate surface area is 232 Å². The first-order chi connectivity index (χ1) is 19.2. The molecule has 0 bridgehead atoms. The van der Waals surface area contributed by atoms with Gasteiger partial charge in [0.05, 0.1) is 16.9 Å². The summed E-state index contributed by atoms with van der Waals surface area (Å²) in [6.07, 6.45) is 0.759. The topological polar surface area (TPSA) is 62.3 Å². The second-order valence-electron chi connectivity index (χ2n) is 8.79. The quantitative estimate of drug-likeness (QED) is 0.256. The zero-order valence-electron chi connectivity index (χ0n) is 21.9. The summed E-state index contributed by atoms with van der Waals surface area (Å²) in [5.74, 6) is -0.270. The number of benzene rings is 4. The fourth-order valence-corrected chi connectivity index (χ4v) is 5.49. The Hall–Kier alpha value is -4.55. The minimum Gasteiger partial charge on any atom is -0.322 e. The Kier molecular flexibility index (Phi) is 7.94. The van der Waals surface area contributed by atoms with E-state index in [0.717, 1.165) is 34.5 Å². The second kappa shape index (κ2) is 11.9. The zero-order valence-corrected chi connectivity index (χ0v) is 22.7. The molecule has 0 fully saturated rings. The number of hydrogen-bond donors (Lipinski definition) is 1. The molecule has 2 heterocycles. The van der Waals surface area contributed by atoms with E-state index >= 15 is 0 Å². The summed E-state index contributed by atoms with van der Waals surface area (Å²) < 4.78 is 0. The van der Waals surface area contributed by atoms with Crippen molar-refractivity contribution in [1.29, 1.82) is 0 Å². The highest BCUT2D eigenvalue weighted by Crippen LogP contribution is 2.37. The molecule has 6 rings (SSSR count). The first-order valence-electron chi connectivity index (χ1n) is 13.1. The van der Waals surface area contributed by atoms with E-state index in [1.165, 1.54) is 4.88 Å². The molecule has 0 unspecified atom stereocenters. The first kappa shape index (κ1) is 26.1.